The Labute approximate surface area is 144 Å². The number of benzene rings is 1. The zero-order valence-corrected chi connectivity index (χ0v) is 14.5. The van der Waals surface area contributed by atoms with E-state index in [0.717, 1.165) is 35.2 Å². The van der Waals surface area contributed by atoms with Gasteiger partial charge in [0.1, 0.15) is 4.88 Å². The molecule has 0 bridgehead atoms. The Morgan fingerprint density at radius 2 is 2.13 bits per heavy atom. The summed E-state index contributed by atoms with van der Waals surface area (Å²) >= 11 is 7.51. The molecule has 7 heteroatoms. The summed E-state index contributed by atoms with van der Waals surface area (Å²) in [6.45, 7) is 4.39. The van der Waals surface area contributed by atoms with Crippen molar-refractivity contribution in [2.75, 3.05) is 19.6 Å². The van der Waals surface area contributed by atoms with Gasteiger partial charge in [-0.05, 0) is 56.0 Å². The van der Waals surface area contributed by atoms with E-state index in [1.807, 2.05) is 24.3 Å². The van der Waals surface area contributed by atoms with Crippen molar-refractivity contribution in [2.45, 2.75) is 25.8 Å². The van der Waals surface area contributed by atoms with E-state index in [2.05, 4.69) is 19.8 Å². The zero-order chi connectivity index (χ0) is 16.2. The number of hydrogen-bond acceptors (Lipinski definition) is 5. The number of carbonyl (C=O) groups is 1. The van der Waals surface area contributed by atoms with Gasteiger partial charge in [-0.2, -0.15) is 0 Å². The predicted molar refractivity (Wildman–Crippen MR) is 92.0 cm³/mol. The van der Waals surface area contributed by atoms with Crippen LogP contribution >= 0.6 is 23.1 Å². The second kappa shape index (κ2) is 7.38. The van der Waals surface area contributed by atoms with Crippen LogP contribution in [0.15, 0.2) is 24.3 Å². The van der Waals surface area contributed by atoms with Crippen molar-refractivity contribution in [3.05, 3.63) is 45.4 Å². The van der Waals surface area contributed by atoms with Crippen LogP contribution in [0, 0.1) is 6.92 Å². The molecule has 1 amide bonds. The molecule has 3 rings (SSSR count). The summed E-state index contributed by atoms with van der Waals surface area (Å²) in [4.78, 5) is 15.3. The van der Waals surface area contributed by atoms with Gasteiger partial charge in [0, 0.05) is 11.6 Å². The van der Waals surface area contributed by atoms with Gasteiger partial charge >= 0.3 is 0 Å². The summed E-state index contributed by atoms with van der Waals surface area (Å²) in [5.74, 6) is -0.117. The van der Waals surface area contributed by atoms with Crippen molar-refractivity contribution < 1.29 is 4.79 Å². The van der Waals surface area contributed by atoms with E-state index in [1.165, 1.54) is 12.8 Å². The van der Waals surface area contributed by atoms with Gasteiger partial charge < -0.3 is 5.32 Å². The number of aromatic nitrogens is 2. The SMILES string of the molecule is Cc1nnsc1C(=O)NC[C@H](c1ccccc1Cl)N1CCCC1. The summed E-state index contributed by atoms with van der Waals surface area (Å²) < 4.78 is 3.82. The Morgan fingerprint density at radius 1 is 1.39 bits per heavy atom. The molecule has 0 spiro atoms. The minimum Gasteiger partial charge on any atom is -0.349 e. The first-order valence-electron chi connectivity index (χ1n) is 7.72. The van der Waals surface area contributed by atoms with Crippen LogP contribution in [0.4, 0.5) is 0 Å². The predicted octanol–water partition coefficient (Wildman–Crippen LogP) is 3.07. The molecule has 1 aromatic heterocycles. The monoisotopic (exact) mass is 350 g/mol. The molecule has 23 heavy (non-hydrogen) atoms. The fourth-order valence-electron chi connectivity index (χ4n) is 2.94. The number of aryl methyl sites for hydroxylation is 1. The van der Waals surface area contributed by atoms with E-state index >= 15 is 0 Å². The topological polar surface area (TPSA) is 58.1 Å². The molecule has 1 saturated heterocycles. The first-order valence-corrected chi connectivity index (χ1v) is 8.87. The van der Waals surface area contributed by atoms with Crippen molar-refractivity contribution in [1.82, 2.24) is 19.8 Å². The summed E-state index contributed by atoms with van der Waals surface area (Å²) in [7, 11) is 0. The van der Waals surface area contributed by atoms with Gasteiger partial charge in [0.15, 0.2) is 0 Å². The number of rotatable bonds is 5. The van der Waals surface area contributed by atoms with Crippen LogP contribution < -0.4 is 5.32 Å². The fourth-order valence-corrected chi connectivity index (χ4v) is 3.78. The van der Waals surface area contributed by atoms with Gasteiger partial charge in [-0.25, -0.2) is 0 Å². The molecule has 5 nitrogen and oxygen atoms in total. The minimum atomic E-state index is -0.117. The quantitative estimate of drug-likeness (QED) is 0.900. The van der Waals surface area contributed by atoms with Crippen LogP contribution in [0.5, 0.6) is 0 Å². The average molecular weight is 351 g/mol. The van der Waals surface area contributed by atoms with E-state index in [-0.39, 0.29) is 11.9 Å². The van der Waals surface area contributed by atoms with Crippen LogP contribution in [0.25, 0.3) is 0 Å². The third kappa shape index (κ3) is 3.71. The van der Waals surface area contributed by atoms with Crippen LogP contribution in [0.3, 0.4) is 0 Å². The van der Waals surface area contributed by atoms with Crippen molar-refractivity contribution >= 4 is 29.0 Å². The smallest absolute Gasteiger partial charge is 0.265 e. The Morgan fingerprint density at radius 3 is 2.78 bits per heavy atom. The lowest BCUT2D eigenvalue weighted by atomic mass is 10.1. The Hall–Kier alpha value is -1.50. The molecule has 1 fully saturated rings. The highest BCUT2D eigenvalue weighted by molar-refractivity contribution is 7.07. The van der Waals surface area contributed by atoms with Crippen LogP contribution in [0.1, 0.15) is 39.8 Å². The maximum atomic E-state index is 12.3. The van der Waals surface area contributed by atoms with Gasteiger partial charge in [-0.15, -0.1) is 5.10 Å². The molecular formula is C16H19ClN4OS. The first kappa shape index (κ1) is 16.4. The zero-order valence-electron chi connectivity index (χ0n) is 13.0. The second-order valence-corrected chi connectivity index (χ2v) is 6.84. The molecule has 1 N–H and O–H groups in total. The van der Waals surface area contributed by atoms with E-state index in [9.17, 15) is 4.79 Å². The lowest BCUT2D eigenvalue weighted by molar-refractivity contribution is 0.0941. The van der Waals surface area contributed by atoms with Gasteiger partial charge in [0.25, 0.3) is 5.91 Å². The molecular weight excluding hydrogens is 332 g/mol. The minimum absolute atomic E-state index is 0.0938. The van der Waals surface area contributed by atoms with E-state index < -0.39 is 0 Å². The number of nitrogens with zero attached hydrogens (tertiary/aromatic N) is 3. The summed E-state index contributed by atoms with van der Waals surface area (Å²) in [5.41, 5.74) is 1.73. The third-order valence-corrected chi connectivity index (χ3v) is 5.33. The highest BCUT2D eigenvalue weighted by atomic mass is 35.5. The Balaban J connectivity index is 1.75. The third-order valence-electron chi connectivity index (χ3n) is 4.16. The number of nitrogens with one attached hydrogen (secondary N) is 1. The van der Waals surface area contributed by atoms with Crippen molar-refractivity contribution in [2.24, 2.45) is 0 Å². The Bertz CT molecular complexity index is 684. The maximum Gasteiger partial charge on any atom is 0.265 e. The molecule has 1 aliphatic rings. The van der Waals surface area contributed by atoms with Crippen LogP contribution in [-0.4, -0.2) is 40.0 Å². The van der Waals surface area contributed by atoms with Gasteiger partial charge in [0.2, 0.25) is 0 Å². The molecule has 2 heterocycles. The number of likely N-dealkylation sites (tertiary alicyclic amines) is 1. The first-order chi connectivity index (χ1) is 11.2. The largest absolute Gasteiger partial charge is 0.349 e. The molecule has 122 valence electrons. The Kier molecular flexibility index (Phi) is 5.25. The van der Waals surface area contributed by atoms with Crippen molar-refractivity contribution in [3.8, 4) is 0 Å². The number of amides is 1. The van der Waals surface area contributed by atoms with E-state index in [0.29, 0.717) is 17.1 Å². The number of carbonyl (C=O) groups excluding carboxylic acids is 1. The number of hydrogen-bond donors (Lipinski definition) is 1. The lowest BCUT2D eigenvalue weighted by Crippen LogP contribution is -2.36. The molecule has 0 aliphatic carbocycles. The standard InChI is InChI=1S/C16H19ClN4OS/c1-11-15(23-20-19-11)16(22)18-10-14(21-8-4-5-9-21)12-6-2-3-7-13(12)17/h2-3,6-7,14H,4-5,8-10H2,1H3,(H,18,22)/t14-/m1/s1. The van der Waals surface area contributed by atoms with Crippen LogP contribution in [0.2, 0.25) is 5.02 Å². The van der Waals surface area contributed by atoms with E-state index in [4.69, 9.17) is 11.6 Å². The molecule has 0 unspecified atom stereocenters. The molecule has 1 atom stereocenters. The molecule has 1 aromatic carbocycles. The van der Waals surface area contributed by atoms with Gasteiger partial charge in [-0.1, -0.05) is 34.3 Å². The molecule has 1 aliphatic heterocycles. The fraction of sp³-hybridized carbons (Fsp3) is 0.438. The average Bonchev–Trinajstić information content (AvgIpc) is 3.20. The van der Waals surface area contributed by atoms with Crippen LogP contribution in [-0.2, 0) is 0 Å². The van der Waals surface area contributed by atoms with Gasteiger partial charge in [-0.3, -0.25) is 9.69 Å². The number of halogens is 1. The van der Waals surface area contributed by atoms with Crippen molar-refractivity contribution in [1.29, 1.82) is 0 Å². The van der Waals surface area contributed by atoms with Gasteiger partial charge in [0.05, 0.1) is 11.7 Å². The summed E-state index contributed by atoms with van der Waals surface area (Å²) in [5, 5.41) is 7.66. The van der Waals surface area contributed by atoms with E-state index in [1.54, 1.807) is 6.92 Å². The maximum absolute atomic E-state index is 12.3. The molecule has 2 aromatic rings. The summed E-state index contributed by atoms with van der Waals surface area (Å²) in [6, 6.07) is 7.95. The molecule has 0 saturated carbocycles. The molecule has 0 radical (unpaired) electrons. The highest BCUT2D eigenvalue weighted by Gasteiger charge is 2.26. The normalized spacial score (nSPS) is 16.4. The highest BCUT2D eigenvalue weighted by Crippen LogP contribution is 2.29. The summed E-state index contributed by atoms with van der Waals surface area (Å²) in [6.07, 6.45) is 2.37. The second-order valence-electron chi connectivity index (χ2n) is 5.68. The lowest BCUT2D eigenvalue weighted by Gasteiger charge is -2.28. The van der Waals surface area contributed by atoms with Crippen molar-refractivity contribution in [3.63, 3.8) is 0 Å².